The van der Waals surface area contributed by atoms with Gasteiger partial charge in [0.25, 0.3) is 0 Å². The standard InChI is InChI=1S/C17H25ClN4O2/c1-17(2,3)24-15(23)12-20-16(19)22-10-8-21(9-11-22)14-6-4-13(18)5-7-14/h4-7H,8-12H2,1-3H3,(H2,19,20). The van der Waals surface area contributed by atoms with Crippen LogP contribution in [0.25, 0.3) is 0 Å². The number of rotatable bonds is 3. The molecule has 24 heavy (non-hydrogen) atoms. The molecule has 1 aromatic rings. The number of carbonyl (C=O) groups is 1. The molecule has 1 fully saturated rings. The summed E-state index contributed by atoms with van der Waals surface area (Å²) in [6.45, 7) is 8.61. The Kier molecular flexibility index (Phi) is 5.94. The lowest BCUT2D eigenvalue weighted by atomic mass is 10.2. The minimum atomic E-state index is -0.508. The van der Waals surface area contributed by atoms with Crippen molar-refractivity contribution in [2.45, 2.75) is 26.4 Å². The van der Waals surface area contributed by atoms with E-state index in [0.717, 1.165) is 36.9 Å². The highest BCUT2D eigenvalue weighted by Gasteiger charge is 2.20. The summed E-state index contributed by atoms with van der Waals surface area (Å²) in [6.07, 6.45) is 0. The van der Waals surface area contributed by atoms with E-state index >= 15 is 0 Å². The van der Waals surface area contributed by atoms with Gasteiger partial charge in [0, 0.05) is 36.9 Å². The van der Waals surface area contributed by atoms with E-state index in [1.165, 1.54) is 0 Å². The van der Waals surface area contributed by atoms with Crippen LogP contribution in [0.15, 0.2) is 29.3 Å². The van der Waals surface area contributed by atoms with Crippen LogP contribution < -0.4 is 10.6 Å². The molecule has 0 aliphatic carbocycles. The molecule has 6 nitrogen and oxygen atoms in total. The average Bonchev–Trinajstić information content (AvgIpc) is 2.52. The smallest absolute Gasteiger partial charge is 0.328 e. The molecule has 1 heterocycles. The highest BCUT2D eigenvalue weighted by atomic mass is 35.5. The van der Waals surface area contributed by atoms with Crippen molar-refractivity contribution < 1.29 is 9.53 Å². The molecule has 1 aliphatic heterocycles. The van der Waals surface area contributed by atoms with Gasteiger partial charge in [0.15, 0.2) is 5.96 Å². The summed E-state index contributed by atoms with van der Waals surface area (Å²) in [5, 5.41) is 0.732. The molecule has 0 atom stereocenters. The largest absolute Gasteiger partial charge is 0.459 e. The SMILES string of the molecule is CC(C)(C)OC(=O)CN=C(N)N1CCN(c2ccc(Cl)cc2)CC1. The van der Waals surface area contributed by atoms with E-state index in [9.17, 15) is 4.79 Å². The summed E-state index contributed by atoms with van der Waals surface area (Å²) in [5.41, 5.74) is 6.63. The normalized spacial score (nSPS) is 16.2. The lowest BCUT2D eigenvalue weighted by Crippen LogP contribution is -2.51. The molecule has 1 aromatic carbocycles. The Bertz CT molecular complexity index is 588. The number of guanidine groups is 1. The summed E-state index contributed by atoms with van der Waals surface area (Å²) >= 11 is 5.92. The van der Waals surface area contributed by atoms with E-state index < -0.39 is 5.60 Å². The molecule has 0 spiro atoms. The first kappa shape index (κ1) is 18.4. The number of piperazine rings is 1. The van der Waals surface area contributed by atoms with Gasteiger partial charge in [-0.2, -0.15) is 0 Å². The number of hydrogen-bond donors (Lipinski definition) is 1. The number of hydrogen-bond acceptors (Lipinski definition) is 4. The van der Waals surface area contributed by atoms with Crippen LogP contribution in [0.4, 0.5) is 5.69 Å². The van der Waals surface area contributed by atoms with Crippen molar-refractivity contribution in [3.63, 3.8) is 0 Å². The maximum Gasteiger partial charge on any atom is 0.328 e. The van der Waals surface area contributed by atoms with Crippen molar-refractivity contribution in [1.82, 2.24) is 4.90 Å². The minimum Gasteiger partial charge on any atom is -0.459 e. The fourth-order valence-corrected chi connectivity index (χ4v) is 2.59. The van der Waals surface area contributed by atoms with Crippen LogP contribution in [0.5, 0.6) is 0 Å². The van der Waals surface area contributed by atoms with Gasteiger partial charge in [0.1, 0.15) is 12.1 Å². The summed E-state index contributed by atoms with van der Waals surface area (Å²) < 4.78 is 5.22. The Hall–Kier alpha value is -1.95. The third kappa shape index (κ3) is 5.60. The van der Waals surface area contributed by atoms with Gasteiger partial charge in [-0.05, 0) is 45.0 Å². The summed E-state index contributed by atoms with van der Waals surface area (Å²) in [7, 11) is 0. The van der Waals surface area contributed by atoms with Crippen LogP contribution in [0, 0.1) is 0 Å². The molecule has 0 bridgehead atoms. The van der Waals surface area contributed by atoms with Gasteiger partial charge in [-0.15, -0.1) is 0 Å². The van der Waals surface area contributed by atoms with Crippen LogP contribution >= 0.6 is 11.6 Å². The summed E-state index contributed by atoms with van der Waals surface area (Å²) in [4.78, 5) is 20.1. The number of nitrogens with zero attached hydrogens (tertiary/aromatic N) is 3. The van der Waals surface area contributed by atoms with E-state index in [0.29, 0.717) is 5.96 Å². The zero-order chi connectivity index (χ0) is 17.7. The van der Waals surface area contributed by atoms with Crippen molar-refractivity contribution in [2.75, 3.05) is 37.6 Å². The highest BCUT2D eigenvalue weighted by molar-refractivity contribution is 6.30. The maximum atomic E-state index is 11.7. The lowest BCUT2D eigenvalue weighted by Gasteiger charge is -2.36. The molecular formula is C17H25ClN4O2. The topological polar surface area (TPSA) is 71.2 Å². The molecule has 2 N–H and O–H groups in total. The first-order valence-corrected chi connectivity index (χ1v) is 8.39. The zero-order valence-electron chi connectivity index (χ0n) is 14.5. The minimum absolute atomic E-state index is 0.0551. The van der Waals surface area contributed by atoms with Crippen molar-refractivity contribution in [1.29, 1.82) is 0 Å². The Morgan fingerprint density at radius 1 is 1.21 bits per heavy atom. The second kappa shape index (κ2) is 7.75. The summed E-state index contributed by atoms with van der Waals surface area (Å²) in [6, 6.07) is 7.80. The molecule has 2 rings (SSSR count). The Morgan fingerprint density at radius 3 is 2.33 bits per heavy atom. The molecule has 1 aliphatic rings. The van der Waals surface area contributed by atoms with Crippen LogP contribution in [-0.2, 0) is 9.53 Å². The Balaban J connectivity index is 1.83. The molecule has 132 valence electrons. The van der Waals surface area contributed by atoms with Gasteiger partial charge in [0.2, 0.25) is 0 Å². The fourth-order valence-electron chi connectivity index (χ4n) is 2.46. The molecule has 0 unspecified atom stereocenters. The predicted molar refractivity (Wildman–Crippen MR) is 97.6 cm³/mol. The number of halogens is 1. The van der Waals surface area contributed by atoms with E-state index in [2.05, 4.69) is 9.89 Å². The quantitative estimate of drug-likeness (QED) is 0.512. The number of ether oxygens (including phenoxy) is 1. The molecule has 0 amide bonds. The first-order valence-electron chi connectivity index (χ1n) is 8.02. The summed E-state index contributed by atoms with van der Waals surface area (Å²) in [5.74, 6) is 0.0156. The maximum absolute atomic E-state index is 11.7. The third-order valence-electron chi connectivity index (χ3n) is 3.59. The van der Waals surface area contributed by atoms with Gasteiger partial charge < -0.3 is 20.3 Å². The Morgan fingerprint density at radius 2 is 1.79 bits per heavy atom. The van der Waals surface area contributed by atoms with E-state index in [1.807, 2.05) is 49.9 Å². The first-order chi connectivity index (χ1) is 11.2. The number of anilines is 1. The van der Waals surface area contributed by atoms with Gasteiger partial charge in [-0.25, -0.2) is 4.99 Å². The van der Waals surface area contributed by atoms with Crippen molar-refractivity contribution in [3.05, 3.63) is 29.3 Å². The van der Waals surface area contributed by atoms with Gasteiger partial charge >= 0.3 is 5.97 Å². The van der Waals surface area contributed by atoms with Crippen LogP contribution in [0.1, 0.15) is 20.8 Å². The lowest BCUT2D eigenvalue weighted by molar-refractivity contribution is -0.152. The highest BCUT2D eigenvalue weighted by Crippen LogP contribution is 2.19. The van der Waals surface area contributed by atoms with Crippen LogP contribution in [0.3, 0.4) is 0 Å². The van der Waals surface area contributed by atoms with E-state index in [1.54, 1.807) is 0 Å². The van der Waals surface area contributed by atoms with Crippen LogP contribution in [-0.4, -0.2) is 55.2 Å². The number of esters is 1. The second-order valence-electron chi connectivity index (χ2n) is 6.71. The Labute approximate surface area is 148 Å². The molecule has 0 saturated carbocycles. The predicted octanol–water partition coefficient (Wildman–Crippen LogP) is 2.12. The second-order valence-corrected chi connectivity index (χ2v) is 7.15. The van der Waals surface area contributed by atoms with E-state index in [-0.39, 0.29) is 12.5 Å². The van der Waals surface area contributed by atoms with Crippen molar-refractivity contribution in [2.24, 2.45) is 10.7 Å². The zero-order valence-corrected chi connectivity index (χ0v) is 15.2. The van der Waals surface area contributed by atoms with Gasteiger partial charge in [-0.1, -0.05) is 11.6 Å². The fraction of sp³-hybridized carbons (Fsp3) is 0.529. The van der Waals surface area contributed by atoms with Crippen LogP contribution in [0.2, 0.25) is 5.02 Å². The van der Waals surface area contributed by atoms with Crippen molar-refractivity contribution in [3.8, 4) is 0 Å². The average molecular weight is 353 g/mol. The van der Waals surface area contributed by atoms with Gasteiger partial charge in [0.05, 0.1) is 0 Å². The number of aliphatic imine (C=N–C) groups is 1. The van der Waals surface area contributed by atoms with Gasteiger partial charge in [-0.3, -0.25) is 4.79 Å². The molecule has 0 aromatic heterocycles. The number of carbonyl (C=O) groups excluding carboxylic acids is 1. The molecule has 1 saturated heterocycles. The number of nitrogens with two attached hydrogens (primary N) is 1. The third-order valence-corrected chi connectivity index (χ3v) is 3.84. The molecular weight excluding hydrogens is 328 g/mol. The van der Waals surface area contributed by atoms with E-state index in [4.69, 9.17) is 22.1 Å². The van der Waals surface area contributed by atoms with Crippen molar-refractivity contribution >= 4 is 29.2 Å². The monoisotopic (exact) mass is 352 g/mol. The molecule has 0 radical (unpaired) electrons. The molecule has 7 heteroatoms. The number of benzene rings is 1.